The quantitative estimate of drug-likeness (QED) is 0.892. The van der Waals surface area contributed by atoms with Crippen molar-refractivity contribution in [3.63, 3.8) is 0 Å². The standard InChI is InChI=1S/C15H23FN2S/c1-11(2)17-9-13-14(16)5-4-6-15(13)18(3)12-7-8-19-10-12/h4-6,11-12,17H,7-10H2,1-3H3. The number of benzene rings is 1. The second-order valence-corrected chi connectivity index (χ2v) is 6.55. The van der Waals surface area contributed by atoms with E-state index in [1.165, 1.54) is 12.2 Å². The Labute approximate surface area is 119 Å². The van der Waals surface area contributed by atoms with Crippen molar-refractivity contribution in [2.75, 3.05) is 23.5 Å². The lowest BCUT2D eigenvalue weighted by molar-refractivity contribution is 0.550. The molecule has 1 unspecified atom stereocenters. The highest BCUT2D eigenvalue weighted by molar-refractivity contribution is 7.99. The first-order chi connectivity index (χ1) is 9.09. The molecule has 1 aliphatic rings. The van der Waals surface area contributed by atoms with Gasteiger partial charge in [0.25, 0.3) is 0 Å². The van der Waals surface area contributed by atoms with Gasteiger partial charge in [-0.1, -0.05) is 19.9 Å². The van der Waals surface area contributed by atoms with E-state index < -0.39 is 0 Å². The first-order valence-corrected chi connectivity index (χ1v) is 8.06. The smallest absolute Gasteiger partial charge is 0.129 e. The zero-order valence-corrected chi connectivity index (χ0v) is 12.8. The highest BCUT2D eigenvalue weighted by Gasteiger charge is 2.22. The fourth-order valence-corrected chi connectivity index (χ4v) is 3.65. The van der Waals surface area contributed by atoms with Gasteiger partial charge in [-0.25, -0.2) is 4.39 Å². The van der Waals surface area contributed by atoms with Gasteiger partial charge in [0.1, 0.15) is 5.82 Å². The Morgan fingerprint density at radius 1 is 1.47 bits per heavy atom. The van der Waals surface area contributed by atoms with Crippen LogP contribution >= 0.6 is 11.8 Å². The van der Waals surface area contributed by atoms with Gasteiger partial charge >= 0.3 is 0 Å². The fourth-order valence-electron chi connectivity index (χ4n) is 2.38. The summed E-state index contributed by atoms with van der Waals surface area (Å²) in [7, 11) is 2.09. The Hall–Kier alpha value is -0.740. The molecular formula is C15H23FN2S. The molecule has 0 spiro atoms. The first-order valence-electron chi connectivity index (χ1n) is 6.91. The first kappa shape index (κ1) is 14.7. The number of rotatable bonds is 5. The molecule has 1 N–H and O–H groups in total. The van der Waals surface area contributed by atoms with E-state index in [0.717, 1.165) is 17.0 Å². The van der Waals surface area contributed by atoms with Gasteiger partial charge in [-0.05, 0) is 24.3 Å². The molecule has 1 aromatic rings. The Balaban J connectivity index is 2.20. The van der Waals surface area contributed by atoms with Crippen molar-refractivity contribution in [2.45, 2.75) is 38.9 Å². The third-order valence-corrected chi connectivity index (χ3v) is 4.76. The predicted octanol–water partition coefficient (Wildman–Crippen LogP) is 3.27. The summed E-state index contributed by atoms with van der Waals surface area (Å²) in [6.45, 7) is 4.75. The van der Waals surface area contributed by atoms with Crippen LogP contribution in [-0.2, 0) is 6.54 Å². The summed E-state index contributed by atoms with van der Waals surface area (Å²) in [5, 5.41) is 3.32. The summed E-state index contributed by atoms with van der Waals surface area (Å²) in [6.07, 6.45) is 1.19. The minimum Gasteiger partial charge on any atom is -0.370 e. The molecule has 0 saturated carbocycles. The van der Waals surface area contributed by atoms with E-state index in [0.29, 0.717) is 18.6 Å². The van der Waals surface area contributed by atoms with E-state index in [-0.39, 0.29) is 5.82 Å². The maximum Gasteiger partial charge on any atom is 0.129 e. The van der Waals surface area contributed by atoms with E-state index in [1.54, 1.807) is 6.07 Å². The van der Waals surface area contributed by atoms with Gasteiger partial charge in [-0.15, -0.1) is 0 Å². The predicted molar refractivity (Wildman–Crippen MR) is 82.5 cm³/mol. The van der Waals surface area contributed by atoms with Crippen molar-refractivity contribution in [2.24, 2.45) is 0 Å². The second-order valence-electron chi connectivity index (χ2n) is 5.40. The maximum atomic E-state index is 14.1. The van der Waals surface area contributed by atoms with Crippen molar-refractivity contribution in [3.8, 4) is 0 Å². The normalized spacial score (nSPS) is 19.1. The summed E-state index contributed by atoms with van der Waals surface area (Å²) >= 11 is 1.98. The molecule has 0 aromatic heterocycles. The van der Waals surface area contributed by atoms with Crippen LogP contribution in [0.2, 0.25) is 0 Å². The summed E-state index contributed by atoms with van der Waals surface area (Å²) < 4.78 is 14.1. The molecule has 2 nitrogen and oxygen atoms in total. The molecule has 0 amide bonds. The van der Waals surface area contributed by atoms with Crippen LogP contribution in [0.15, 0.2) is 18.2 Å². The number of nitrogens with zero attached hydrogens (tertiary/aromatic N) is 1. The van der Waals surface area contributed by atoms with E-state index in [2.05, 4.69) is 31.1 Å². The molecule has 0 radical (unpaired) electrons. The lowest BCUT2D eigenvalue weighted by Crippen LogP contribution is -2.33. The zero-order chi connectivity index (χ0) is 13.8. The Morgan fingerprint density at radius 3 is 2.89 bits per heavy atom. The number of thioether (sulfide) groups is 1. The van der Waals surface area contributed by atoms with Crippen molar-refractivity contribution in [3.05, 3.63) is 29.6 Å². The minimum absolute atomic E-state index is 0.108. The molecule has 4 heteroatoms. The Bertz CT molecular complexity index is 417. The highest BCUT2D eigenvalue weighted by atomic mass is 32.2. The van der Waals surface area contributed by atoms with Crippen LogP contribution in [0.4, 0.5) is 10.1 Å². The van der Waals surface area contributed by atoms with Gasteiger partial charge in [-0.3, -0.25) is 0 Å². The summed E-state index contributed by atoms with van der Waals surface area (Å²) in [6, 6.07) is 6.29. The van der Waals surface area contributed by atoms with E-state index >= 15 is 0 Å². The third-order valence-electron chi connectivity index (χ3n) is 3.61. The third kappa shape index (κ3) is 3.63. The molecule has 0 bridgehead atoms. The lowest BCUT2D eigenvalue weighted by Gasteiger charge is -2.28. The molecule has 19 heavy (non-hydrogen) atoms. The van der Waals surface area contributed by atoms with E-state index in [4.69, 9.17) is 0 Å². The molecule has 0 aliphatic carbocycles. The van der Waals surface area contributed by atoms with Crippen LogP contribution in [0.25, 0.3) is 0 Å². The van der Waals surface area contributed by atoms with Crippen molar-refractivity contribution in [1.29, 1.82) is 0 Å². The average molecular weight is 282 g/mol. The van der Waals surface area contributed by atoms with Gasteiger partial charge in [-0.2, -0.15) is 11.8 Å². The van der Waals surface area contributed by atoms with E-state index in [9.17, 15) is 4.39 Å². The zero-order valence-electron chi connectivity index (χ0n) is 11.9. The van der Waals surface area contributed by atoms with Crippen LogP contribution < -0.4 is 10.2 Å². The summed E-state index contributed by atoms with van der Waals surface area (Å²) in [4.78, 5) is 2.25. The largest absolute Gasteiger partial charge is 0.370 e. The van der Waals surface area contributed by atoms with Crippen molar-refractivity contribution >= 4 is 17.4 Å². The van der Waals surface area contributed by atoms with Gasteiger partial charge in [0.15, 0.2) is 0 Å². The van der Waals surface area contributed by atoms with Crippen molar-refractivity contribution < 1.29 is 4.39 Å². The number of halogens is 1. The summed E-state index contributed by atoms with van der Waals surface area (Å²) in [5.74, 6) is 2.25. The monoisotopic (exact) mass is 282 g/mol. The van der Waals surface area contributed by atoms with Gasteiger partial charge in [0, 0.05) is 42.7 Å². The molecule has 1 aliphatic heterocycles. The minimum atomic E-state index is -0.108. The lowest BCUT2D eigenvalue weighted by atomic mass is 10.1. The maximum absolute atomic E-state index is 14.1. The van der Waals surface area contributed by atoms with Gasteiger partial charge < -0.3 is 10.2 Å². The molecule has 1 heterocycles. The number of hydrogen-bond acceptors (Lipinski definition) is 3. The number of anilines is 1. The molecule has 1 fully saturated rings. The molecule has 1 saturated heterocycles. The Kier molecular flexibility index (Phi) is 5.11. The number of hydrogen-bond donors (Lipinski definition) is 1. The van der Waals surface area contributed by atoms with Crippen LogP contribution in [0, 0.1) is 5.82 Å². The Morgan fingerprint density at radius 2 is 2.26 bits per heavy atom. The second kappa shape index (κ2) is 6.62. The van der Waals surface area contributed by atoms with Crippen LogP contribution in [0.1, 0.15) is 25.8 Å². The molecule has 1 aromatic carbocycles. The topological polar surface area (TPSA) is 15.3 Å². The van der Waals surface area contributed by atoms with Gasteiger partial charge in [0.05, 0.1) is 0 Å². The fraction of sp³-hybridized carbons (Fsp3) is 0.600. The van der Waals surface area contributed by atoms with Gasteiger partial charge in [0.2, 0.25) is 0 Å². The SMILES string of the molecule is CC(C)NCc1c(F)cccc1N(C)C1CCSC1. The number of nitrogens with one attached hydrogen (secondary N) is 1. The van der Waals surface area contributed by atoms with E-state index in [1.807, 2.05) is 23.9 Å². The molecule has 2 rings (SSSR count). The molecular weight excluding hydrogens is 259 g/mol. The van der Waals surface area contributed by atoms with Crippen molar-refractivity contribution in [1.82, 2.24) is 5.32 Å². The molecule has 1 atom stereocenters. The van der Waals surface area contributed by atoms with Crippen LogP contribution in [0.3, 0.4) is 0 Å². The van der Waals surface area contributed by atoms with Crippen LogP contribution in [-0.4, -0.2) is 30.6 Å². The molecule has 106 valence electrons. The average Bonchev–Trinajstić information content (AvgIpc) is 2.89. The summed E-state index contributed by atoms with van der Waals surface area (Å²) in [5.41, 5.74) is 1.82. The van der Waals surface area contributed by atoms with Crippen LogP contribution in [0.5, 0.6) is 0 Å². The highest BCUT2D eigenvalue weighted by Crippen LogP contribution is 2.29.